The van der Waals surface area contributed by atoms with E-state index >= 15 is 0 Å². The Morgan fingerprint density at radius 3 is 0.667 bits per heavy atom. The van der Waals surface area contributed by atoms with Crippen LogP contribution in [0.2, 0.25) is 0 Å². The first-order valence-electron chi connectivity index (χ1n) is 23.0. The highest BCUT2D eigenvalue weighted by atomic mass is 19.5. The van der Waals surface area contributed by atoms with Crippen molar-refractivity contribution in [3.63, 3.8) is 0 Å². The lowest BCUT2D eigenvalue weighted by Gasteiger charge is -2.31. The van der Waals surface area contributed by atoms with Crippen molar-refractivity contribution in [2.45, 2.75) is 155 Å². The van der Waals surface area contributed by atoms with Crippen LogP contribution in [-0.4, -0.2) is 210 Å². The molecule has 14 nitrogen and oxygen atoms in total. The van der Waals surface area contributed by atoms with Crippen LogP contribution in [0.5, 0.6) is 0 Å². The fraction of sp³-hybridized carbons (Fsp3) is 0.786. The van der Waals surface area contributed by atoms with Gasteiger partial charge in [0, 0.05) is 16.7 Å². The van der Waals surface area contributed by atoms with Gasteiger partial charge < -0.3 is 33.5 Å². The topological polar surface area (TPSA) is 164 Å². The summed E-state index contributed by atoms with van der Waals surface area (Å²) in [4.78, 5) is 32.9. The molecule has 4 atom stereocenters. The highest BCUT2D eigenvalue weighted by Crippen LogP contribution is 2.52. The molecule has 0 saturated heterocycles. The quantitative estimate of drug-likeness (QED) is 0.0273. The van der Waals surface area contributed by atoms with Gasteiger partial charge in [0.2, 0.25) is 0 Å². The average Bonchev–Trinajstić information content (AvgIpc) is 0.795. The predicted octanol–water partition coefficient (Wildman–Crippen LogP) is 14.0. The Morgan fingerprint density at radius 2 is 0.500 bits per heavy atom. The Kier molecular flexibility index (Phi) is 33.3. The van der Waals surface area contributed by atoms with Crippen LogP contribution in [0.3, 0.4) is 0 Å². The second-order valence-electron chi connectivity index (χ2n) is 17.9. The maximum Gasteiger partial charge on any atom is 0.462 e. The van der Waals surface area contributed by atoms with Crippen LogP contribution in [0.25, 0.3) is 0 Å². The van der Waals surface area contributed by atoms with Gasteiger partial charge in [0.1, 0.15) is 38.6 Å². The molecule has 0 aromatic rings. The standard InChI is InChI=1S/C19H16F20O6.C15H12F20O5.C8H10O3/c1-7(2)9(40)43-8(3-41-5-12(22,23)10(20)44-18(36,37)14(26,27)16(30,31)32)4-42-6-13(24,25)11(21)45-19(38,39)15(28,29)17(33,34)35;16-6(39-14(32,33)10(22,23)12(26,27)28)8(18,19)3-37-1-5(36)2-38-4-9(20,21)7(17)40-15(34,35)11(24,25)13(29,30)31;1-5(2)7(9)11-8(10)6(3)4/h8,10-11H,1,3-6H2,2H3;5-7,36H,1-4H2;1,3H2,2,4H3. The summed E-state index contributed by atoms with van der Waals surface area (Å²) in [6.45, 7) is -3.30. The number of aliphatic hydroxyl groups excluding tert-OH is 1. The van der Waals surface area contributed by atoms with Gasteiger partial charge in [-0.05, 0) is 20.8 Å². The second kappa shape index (κ2) is 33.7. The van der Waals surface area contributed by atoms with E-state index in [2.05, 4.69) is 67.1 Å². The summed E-state index contributed by atoms with van der Waals surface area (Å²) in [5.74, 6) is -53.6. The van der Waals surface area contributed by atoms with E-state index in [1.165, 1.54) is 13.8 Å². The molecule has 0 spiro atoms. The van der Waals surface area contributed by atoms with Gasteiger partial charge in [-0.1, -0.05) is 19.7 Å². The lowest BCUT2D eigenvalue weighted by atomic mass is 10.3. The summed E-state index contributed by atoms with van der Waals surface area (Å²) in [5.41, 5.74) is -0.176. The molecule has 1 N–H and O–H groups in total. The van der Waals surface area contributed by atoms with Crippen molar-refractivity contribution in [2.75, 3.05) is 52.9 Å². The van der Waals surface area contributed by atoms with E-state index < -0.39 is 210 Å². The summed E-state index contributed by atoms with van der Waals surface area (Å²) in [6.07, 6.45) is -80.5. The van der Waals surface area contributed by atoms with Crippen molar-refractivity contribution in [3.05, 3.63) is 36.5 Å². The van der Waals surface area contributed by atoms with Crippen molar-refractivity contribution in [1.82, 2.24) is 0 Å². The molecular formula is C42H38F40O14. The number of hydrogen-bond donors (Lipinski definition) is 1. The van der Waals surface area contributed by atoms with Crippen LogP contribution in [-0.2, 0) is 61.8 Å². The molecule has 0 aliphatic heterocycles. The van der Waals surface area contributed by atoms with E-state index in [0.717, 1.165) is 6.92 Å². The van der Waals surface area contributed by atoms with Gasteiger partial charge in [-0.15, -0.1) is 0 Å². The zero-order valence-electron chi connectivity index (χ0n) is 46.1. The van der Waals surface area contributed by atoms with E-state index in [1.54, 1.807) is 0 Å². The zero-order valence-corrected chi connectivity index (χ0v) is 46.1. The summed E-state index contributed by atoms with van der Waals surface area (Å²) in [7, 11) is 0. The number of hydrogen-bond acceptors (Lipinski definition) is 14. The van der Waals surface area contributed by atoms with Gasteiger partial charge in [-0.2, -0.15) is 158 Å². The molecule has 0 aliphatic rings. The van der Waals surface area contributed by atoms with Crippen LogP contribution in [0.1, 0.15) is 20.8 Å². The normalized spacial score (nSPS) is 16.2. The molecule has 0 amide bonds. The number of alkyl halides is 40. The van der Waals surface area contributed by atoms with Crippen molar-refractivity contribution >= 4 is 17.9 Å². The highest BCUT2D eigenvalue weighted by molar-refractivity contribution is 6.00. The van der Waals surface area contributed by atoms with Gasteiger partial charge in [-0.25, -0.2) is 31.9 Å². The number of aliphatic hydroxyl groups is 1. The number of carbonyl (C=O) groups excluding carboxylic acids is 3. The van der Waals surface area contributed by atoms with E-state index in [1.807, 2.05) is 0 Å². The Bertz CT molecular complexity index is 2360. The van der Waals surface area contributed by atoms with Crippen molar-refractivity contribution in [1.29, 1.82) is 0 Å². The van der Waals surface area contributed by atoms with Gasteiger partial charge in [0.05, 0.1) is 26.4 Å². The minimum atomic E-state index is -7.19. The molecule has 0 aliphatic carbocycles. The van der Waals surface area contributed by atoms with Gasteiger partial charge in [0.25, 0.3) is 25.4 Å². The average molecular weight is 1530 g/mol. The zero-order chi connectivity index (χ0) is 77.7. The molecule has 0 bridgehead atoms. The fourth-order valence-corrected chi connectivity index (χ4v) is 4.07. The van der Waals surface area contributed by atoms with Crippen LogP contribution in [0.15, 0.2) is 36.5 Å². The maximum absolute atomic E-state index is 13.7. The SMILES string of the molecule is C=C(C)C(=O)OC(=O)C(=C)C.C=C(C)C(=O)OC(COCC(F)(F)C(F)OC(F)(F)C(F)(F)C(F)(F)F)COCC(F)(F)C(F)OC(F)(F)C(F)(F)C(F)(F)F.OC(COCC(F)(F)C(F)OC(F)(F)C(F)(F)C(F)(F)F)COCC(F)(F)C(F)OC(F)(F)C(F)(F)C(F)(F)F. The van der Waals surface area contributed by atoms with E-state index in [0.29, 0.717) is 0 Å². The molecule has 570 valence electrons. The second-order valence-corrected chi connectivity index (χ2v) is 17.9. The Hall–Kier alpha value is -5.33. The number of rotatable bonds is 36. The van der Waals surface area contributed by atoms with Crippen molar-refractivity contribution in [2.24, 2.45) is 0 Å². The summed E-state index contributed by atoms with van der Waals surface area (Å²) in [5, 5.41) is 9.21. The third-order valence-corrected chi connectivity index (χ3v) is 9.13. The first-order chi connectivity index (χ1) is 42.0. The molecular weight excluding hydrogens is 1490 g/mol. The van der Waals surface area contributed by atoms with E-state index in [-0.39, 0.29) is 11.1 Å². The first kappa shape index (κ1) is 94.9. The summed E-state index contributed by atoms with van der Waals surface area (Å²) < 4.78 is 542. The maximum atomic E-state index is 13.7. The van der Waals surface area contributed by atoms with Crippen LogP contribution < -0.4 is 0 Å². The number of halogens is 40. The van der Waals surface area contributed by atoms with E-state index in [4.69, 9.17) is 0 Å². The van der Waals surface area contributed by atoms with Crippen LogP contribution >= 0.6 is 0 Å². The first-order valence-corrected chi connectivity index (χ1v) is 23.0. The highest BCUT2D eigenvalue weighted by Gasteiger charge is 2.79. The Balaban J connectivity index is -0.00000156. The minimum Gasteiger partial charge on any atom is -0.454 e. The fourth-order valence-electron chi connectivity index (χ4n) is 4.07. The molecule has 0 saturated carbocycles. The summed E-state index contributed by atoms with van der Waals surface area (Å²) >= 11 is 0. The molecule has 0 heterocycles. The lowest BCUT2D eigenvalue weighted by Crippen LogP contribution is -2.56. The number of ether oxygens (including phenoxy) is 10. The minimum absolute atomic E-state index is 0.194. The molecule has 0 aromatic heterocycles. The molecule has 0 fully saturated rings. The molecule has 0 aromatic carbocycles. The van der Waals surface area contributed by atoms with Gasteiger partial charge >= 0.3 is 114 Å². The van der Waals surface area contributed by atoms with Crippen LogP contribution in [0.4, 0.5) is 176 Å². The monoisotopic (exact) mass is 1530 g/mol. The van der Waals surface area contributed by atoms with Gasteiger partial charge in [-0.3, -0.25) is 18.9 Å². The molecule has 54 heteroatoms. The molecule has 0 rings (SSSR count). The molecule has 96 heavy (non-hydrogen) atoms. The largest absolute Gasteiger partial charge is 0.462 e. The number of esters is 3. The Labute approximate surface area is 505 Å². The predicted molar refractivity (Wildman–Crippen MR) is 222 cm³/mol. The lowest BCUT2D eigenvalue weighted by molar-refractivity contribution is -0.451. The Morgan fingerprint density at radius 1 is 0.323 bits per heavy atom. The van der Waals surface area contributed by atoms with Crippen molar-refractivity contribution in [3.8, 4) is 0 Å². The molecule has 0 radical (unpaired) electrons. The molecule has 4 unspecified atom stereocenters. The number of carbonyl (C=O) groups is 3. The van der Waals surface area contributed by atoms with Gasteiger partial charge in [0.15, 0.2) is 0 Å². The summed E-state index contributed by atoms with van der Waals surface area (Å²) in [6, 6.07) is 0. The van der Waals surface area contributed by atoms with Crippen molar-refractivity contribution < 1.29 is 242 Å². The third kappa shape index (κ3) is 27.1. The van der Waals surface area contributed by atoms with E-state index in [9.17, 15) is 195 Å². The third-order valence-electron chi connectivity index (χ3n) is 9.13. The smallest absolute Gasteiger partial charge is 0.454 e. The van der Waals surface area contributed by atoms with Crippen LogP contribution in [0, 0.1) is 0 Å².